The summed E-state index contributed by atoms with van der Waals surface area (Å²) in [5.41, 5.74) is 2.52. The number of aliphatic imine (C=N–C) groups is 1. The van der Waals surface area contributed by atoms with Crippen LogP contribution in [0.4, 0.5) is 0 Å². The summed E-state index contributed by atoms with van der Waals surface area (Å²) < 4.78 is 0. The van der Waals surface area contributed by atoms with E-state index in [1.165, 1.54) is 30.4 Å². The van der Waals surface area contributed by atoms with Gasteiger partial charge in [-0.2, -0.15) is 0 Å². The molecule has 1 heterocycles. The van der Waals surface area contributed by atoms with Gasteiger partial charge in [0.1, 0.15) is 0 Å². The van der Waals surface area contributed by atoms with Crippen LogP contribution in [0.5, 0.6) is 0 Å². The Labute approximate surface area is 205 Å². The Bertz CT molecular complexity index is 700. The van der Waals surface area contributed by atoms with E-state index >= 15 is 0 Å². The predicted octanol–water partition coefficient (Wildman–Crippen LogP) is 3.60. The molecule has 0 spiro atoms. The number of nitrogens with one attached hydrogen (secondary N) is 2. The van der Waals surface area contributed by atoms with Crippen LogP contribution in [0.25, 0.3) is 0 Å². The molecular formula is C24H40IN5O. The van der Waals surface area contributed by atoms with Crippen molar-refractivity contribution in [3.63, 3.8) is 0 Å². The molecule has 1 aromatic rings. The predicted molar refractivity (Wildman–Crippen MR) is 139 cm³/mol. The Balaban J connectivity index is 0.00000341. The molecule has 1 saturated carbocycles. The molecule has 1 unspecified atom stereocenters. The molecule has 1 saturated heterocycles. The molecule has 0 aromatic heterocycles. The second-order valence-corrected chi connectivity index (χ2v) is 9.00. The van der Waals surface area contributed by atoms with Crippen molar-refractivity contribution in [3.05, 3.63) is 35.4 Å². The van der Waals surface area contributed by atoms with Crippen molar-refractivity contribution < 1.29 is 4.79 Å². The highest BCUT2D eigenvalue weighted by Crippen LogP contribution is 2.26. The van der Waals surface area contributed by atoms with Crippen LogP contribution in [-0.4, -0.2) is 61.4 Å². The molecule has 0 bridgehead atoms. The summed E-state index contributed by atoms with van der Waals surface area (Å²) in [6.45, 7) is 6.16. The smallest absolute Gasteiger partial charge is 0.225 e. The Kier molecular flexibility index (Phi) is 11.1. The van der Waals surface area contributed by atoms with E-state index in [1.54, 1.807) is 0 Å². The minimum Gasteiger partial charge on any atom is -0.357 e. The van der Waals surface area contributed by atoms with E-state index in [0.29, 0.717) is 12.5 Å². The SMILES string of the molecule is CCNC(=NCc1ccc(CN(C)C)cc1)NC1CCN(C(=O)C2CCCCC2)C1.I. The number of rotatable bonds is 7. The molecule has 31 heavy (non-hydrogen) atoms. The quantitative estimate of drug-likeness (QED) is 0.315. The second kappa shape index (κ2) is 13.3. The monoisotopic (exact) mass is 541 g/mol. The van der Waals surface area contributed by atoms with Gasteiger partial charge in [-0.25, -0.2) is 4.99 Å². The van der Waals surface area contributed by atoms with E-state index in [4.69, 9.17) is 4.99 Å². The molecule has 1 amide bonds. The van der Waals surface area contributed by atoms with Gasteiger partial charge in [0.05, 0.1) is 6.54 Å². The number of benzene rings is 1. The van der Waals surface area contributed by atoms with Crippen LogP contribution < -0.4 is 10.6 Å². The number of hydrogen-bond acceptors (Lipinski definition) is 3. The third-order valence-corrected chi connectivity index (χ3v) is 6.08. The first-order chi connectivity index (χ1) is 14.5. The van der Waals surface area contributed by atoms with Crippen LogP contribution in [0.3, 0.4) is 0 Å². The van der Waals surface area contributed by atoms with E-state index in [9.17, 15) is 4.79 Å². The second-order valence-electron chi connectivity index (χ2n) is 9.00. The number of amides is 1. The van der Waals surface area contributed by atoms with Crippen molar-refractivity contribution in [3.8, 4) is 0 Å². The summed E-state index contributed by atoms with van der Waals surface area (Å²) in [5.74, 6) is 1.47. The largest absolute Gasteiger partial charge is 0.357 e. The highest BCUT2D eigenvalue weighted by atomic mass is 127. The first-order valence-electron chi connectivity index (χ1n) is 11.6. The highest BCUT2D eigenvalue weighted by Gasteiger charge is 2.31. The summed E-state index contributed by atoms with van der Waals surface area (Å²) in [4.78, 5) is 21.8. The Morgan fingerprint density at radius 3 is 2.42 bits per heavy atom. The van der Waals surface area contributed by atoms with Crippen molar-refractivity contribution in [2.45, 2.75) is 64.6 Å². The van der Waals surface area contributed by atoms with Gasteiger partial charge >= 0.3 is 0 Å². The van der Waals surface area contributed by atoms with Gasteiger partial charge in [-0.3, -0.25) is 4.79 Å². The van der Waals surface area contributed by atoms with Crippen LogP contribution >= 0.6 is 24.0 Å². The molecule has 7 heteroatoms. The van der Waals surface area contributed by atoms with Crippen molar-refractivity contribution >= 4 is 35.8 Å². The van der Waals surface area contributed by atoms with E-state index in [1.807, 2.05) is 0 Å². The average Bonchev–Trinajstić information content (AvgIpc) is 3.21. The Morgan fingerprint density at radius 1 is 1.10 bits per heavy atom. The topological polar surface area (TPSA) is 60.0 Å². The zero-order valence-corrected chi connectivity index (χ0v) is 21.7. The fourth-order valence-corrected chi connectivity index (χ4v) is 4.48. The van der Waals surface area contributed by atoms with Gasteiger partial charge in [0.15, 0.2) is 5.96 Å². The highest BCUT2D eigenvalue weighted by molar-refractivity contribution is 14.0. The summed E-state index contributed by atoms with van der Waals surface area (Å²) in [6, 6.07) is 8.95. The maximum atomic E-state index is 12.8. The van der Waals surface area contributed by atoms with Crippen LogP contribution in [0, 0.1) is 5.92 Å². The third kappa shape index (κ3) is 8.25. The van der Waals surface area contributed by atoms with Crippen LogP contribution in [0.1, 0.15) is 56.6 Å². The molecular weight excluding hydrogens is 501 g/mol. The van der Waals surface area contributed by atoms with Gasteiger partial charge in [-0.05, 0) is 51.4 Å². The number of carbonyl (C=O) groups is 1. The van der Waals surface area contributed by atoms with Crippen molar-refractivity contribution in [1.82, 2.24) is 20.4 Å². The first-order valence-corrected chi connectivity index (χ1v) is 11.6. The lowest BCUT2D eigenvalue weighted by Gasteiger charge is -2.26. The number of likely N-dealkylation sites (tertiary alicyclic amines) is 1. The number of nitrogens with zero attached hydrogens (tertiary/aromatic N) is 3. The van der Waals surface area contributed by atoms with Crippen LogP contribution in [0.2, 0.25) is 0 Å². The van der Waals surface area contributed by atoms with Gasteiger partial charge in [0, 0.05) is 38.1 Å². The van der Waals surface area contributed by atoms with Crippen LogP contribution in [0.15, 0.2) is 29.3 Å². The van der Waals surface area contributed by atoms with Gasteiger partial charge < -0.3 is 20.4 Å². The molecule has 2 aliphatic rings. The van der Waals surface area contributed by atoms with Crippen molar-refractivity contribution in [1.29, 1.82) is 0 Å². The lowest BCUT2D eigenvalue weighted by atomic mass is 9.88. The van der Waals surface area contributed by atoms with E-state index in [2.05, 4.69) is 65.7 Å². The van der Waals surface area contributed by atoms with Crippen molar-refractivity contribution in [2.24, 2.45) is 10.9 Å². The number of hydrogen-bond donors (Lipinski definition) is 2. The fraction of sp³-hybridized carbons (Fsp3) is 0.667. The van der Waals surface area contributed by atoms with Crippen LogP contribution in [-0.2, 0) is 17.9 Å². The Morgan fingerprint density at radius 2 is 1.77 bits per heavy atom. The van der Waals surface area contributed by atoms with E-state index in [-0.39, 0.29) is 35.9 Å². The maximum absolute atomic E-state index is 12.8. The minimum absolute atomic E-state index is 0. The van der Waals surface area contributed by atoms with Crippen molar-refractivity contribution in [2.75, 3.05) is 33.7 Å². The molecule has 1 aliphatic heterocycles. The van der Waals surface area contributed by atoms with Gasteiger partial charge in [-0.15, -0.1) is 24.0 Å². The lowest BCUT2D eigenvalue weighted by Crippen LogP contribution is -2.45. The minimum atomic E-state index is 0. The maximum Gasteiger partial charge on any atom is 0.225 e. The molecule has 174 valence electrons. The van der Waals surface area contributed by atoms with Gasteiger partial charge in [0.25, 0.3) is 0 Å². The van der Waals surface area contributed by atoms with E-state index < -0.39 is 0 Å². The number of carbonyl (C=O) groups excluding carboxylic acids is 1. The molecule has 0 radical (unpaired) electrons. The average molecular weight is 542 g/mol. The first kappa shape index (κ1) is 25.9. The zero-order valence-electron chi connectivity index (χ0n) is 19.4. The zero-order chi connectivity index (χ0) is 21.3. The standard InChI is InChI=1S/C24H39N5O.HI/c1-4-25-24(26-16-19-10-12-20(13-11-19)17-28(2)3)27-22-14-15-29(18-22)23(30)21-8-6-5-7-9-21;/h10-13,21-22H,4-9,14-18H2,1-3H3,(H2,25,26,27);1H. The summed E-state index contributed by atoms with van der Waals surface area (Å²) in [5, 5.41) is 6.90. The molecule has 2 fully saturated rings. The Hall–Kier alpha value is -1.35. The fourth-order valence-electron chi connectivity index (χ4n) is 4.48. The molecule has 3 rings (SSSR count). The van der Waals surface area contributed by atoms with Gasteiger partial charge in [0.2, 0.25) is 5.91 Å². The summed E-state index contributed by atoms with van der Waals surface area (Å²) >= 11 is 0. The summed E-state index contributed by atoms with van der Waals surface area (Å²) in [7, 11) is 4.17. The lowest BCUT2D eigenvalue weighted by molar-refractivity contribution is -0.135. The molecule has 1 aromatic carbocycles. The normalized spacial score (nSPS) is 19.9. The van der Waals surface area contributed by atoms with Gasteiger partial charge in [-0.1, -0.05) is 43.5 Å². The third-order valence-electron chi connectivity index (χ3n) is 6.08. The molecule has 2 N–H and O–H groups in total. The molecule has 1 atom stereocenters. The summed E-state index contributed by atoms with van der Waals surface area (Å²) in [6.07, 6.45) is 6.84. The number of guanidine groups is 1. The molecule has 6 nitrogen and oxygen atoms in total. The van der Waals surface area contributed by atoms with E-state index in [0.717, 1.165) is 51.4 Å². The number of halogens is 1. The molecule has 1 aliphatic carbocycles.